The third-order valence-electron chi connectivity index (χ3n) is 5.78. The molecule has 34 heavy (non-hydrogen) atoms. The van der Waals surface area contributed by atoms with Gasteiger partial charge in [0, 0.05) is 17.2 Å². The van der Waals surface area contributed by atoms with Crippen molar-refractivity contribution in [3.8, 4) is 11.4 Å². The van der Waals surface area contributed by atoms with E-state index >= 15 is 0 Å². The smallest absolute Gasteiger partial charge is 0.225 e. The molecule has 0 bridgehead atoms. The molecule has 3 aromatic carbocycles. The first-order valence-corrected chi connectivity index (χ1v) is 11.5. The van der Waals surface area contributed by atoms with Crippen molar-refractivity contribution in [2.75, 3.05) is 0 Å². The number of halogens is 1. The number of hydrogen-bond acceptors (Lipinski definition) is 3. The van der Waals surface area contributed by atoms with Crippen molar-refractivity contribution in [1.29, 1.82) is 0 Å². The van der Waals surface area contributed by atoms with Crippen LogP contribution in [0.2, 0.25) is 0 Å². The fourth-order valence-electron chi connectivity index (χ4n) is 3.73. The highest BCUT2D eigenvalue weighted by atomic mass is 19.1. The van der Waals surface area contributed by atoms with E-state index in [1.165, 1.54) is 12.1 Å². The quantitative estimate of drug-likeness (QED) is 0.385. The minimum atomic E-state index is -0.487. The second-order valence-corrected chi connectivity index (χ2v) is 9.61. The van der Waals surface area contributed by atoms with Gasteiger partial charge in [-0.1, -0.05) is 51.1 Å². The number of hydrogen-bond donors (Lipinski definition) is 1. The first-order valence-electron chi connectivity index (χ1n) is 11.5. The number of benzene rings is 3. The Labute approximate surface area is 199 Å². The number of ether oxygens (including phenoxy) is 1. The van der Waals surface area contributed by atoms with Crippen molar-refractivity contribution in [3.05, 3.63) is 90.4 Å². The Kier molecular flexibility index (Phi) is 6.68. The normalized spacial score (nSPS) is 13.4. The summed E-state index contributed by atoms with van der Waals surface area (Å²) in [4.78, 5) is 12.6. The number of amides is 1. The molecule has 0 aliphatic carbocycles. The minimum absolute atomic E-state index is 0.0160. The van der Waals surface area contributed by atoms with Gasteiger partial charge < -0.3 is 10.1 Å². The fourth-order valence-corrected chi connectivity index (χ4v) is 3.73. The molecule has 1 amide bonds. The number of carbonyl (C=O) groups is 1. The van der Waals surface area contributed by atoms with Crippen molar-refractivity contribution in [3.63, 3.8) is 0 Å². The summed E-state index contributed by atoms with van der Waals surface area (Å²) in [5, 5.41) is 8.49. The van der Waals surface area contributed by atoms with Crippen molar-refractivity contribution in [2.45, 2.75) is 46.3 Å². The second-order valence-electron chi connectivity index (χ2n) is 9.61. The molecule has 0 fully saturated rings. The summed E-state index contributed by atoms with van der Waals surface area (Å²) < 4.78 is 21.5. The molecular formula is C28H30FN3O2. The molecule has 0 saturated carbocycles. The standard InChI is InChI=1S/C28H30FN3O2/c1-19(31-27(33)28(2,3)4)26(16-20-8-6-5-7-9-20)34-24-14-15-25-21(17-24)18-30-32(25)23-12-10-22(29)11-13-23/h5-15,17-19,26H,16H2,1-4H3,(H,31,33)/t19-,26+/m0/s1. The van der Waals surface area contributed by atoms with Gasteiger partial charge in [-0.25, -0.2) is 9.07 Å². The Balaban J connectivity index is 1.59. The summed E-state index contributed by atoms with van der Waals surface area (Å²) in [6.07, 6.45) is 2.15. The van der Waals surface area contributed by atoms with E-state index in [1.807, 2.05) is 64.1 Å². The number of aromatic nitrogens is 2. The van der Waals surface area contributed by atoms with E-state index in [0.29, 0.717) is 12.2 Å². The van der Waals surface area contributed by atoms with Crippen molar-refractivity contribution < 1.29 is 13.9 Å². The lowest BCUT2D eigenvalue weighted by molar-refractivity contribution is -0.129. The number of fused-ring (bicyclic) bond motifs is 1. The van der Waals surface area contributed by atoms with E-state index in [2.05, 4.69) is 22.5 Å². The average Bonchev–Trinajstić information content (AvgIpc) is 3.22. The number of carbonyl (C=O) groups excluding carboxylic acids is 1. The van der Waals surface area contributed by atoms with E-state index in [1.54, 1.807) is 23.0 Å². The Hall–Kier alpha value is -3.67. The predicted molar refractivity (Wildman–Crippen MR) is 133 cm³/mol. The van der Waals surface area contributed by atoms with Crippen LogP contribution in [-0.4, -0.2) is 27.8 Å². The number of nitrogens with zero attached hydrogens (tertiary/aromatic N) is 2. The molecule has 0 aliphatic heterocycles. The van der Waals surface area contributed by atoms with E-state index in [0.717, 1.165) is 22.2 Å². The van der Waals surface area contributed by atoms with E-state index in [9.17, 15) is 9.18 Å². The van der Waals surface area contributed by atoms with Crippen LogP contribution in [0.4, 0.5) is 4.39 Å². The Morgan fingerprint density at radius 2 is 1.76 bits per heavy atom. The van der Waals surface area contributed by atoms with Gasteiger partial charge in [0.15, 0.2) is 0 Å². The van der Waals surface area contributed by atoms with E-state index in [4.69, 9.17) is 4.74 Å². The first-order chi connectivity index (χ1) is 16.2. The van der Waals surface area contributed by atoms with Gasteiger partial charge in [0.2, 0.25) is 5.91 Å². The summed E-state index contributed by atoms with van der Waals surface area (Å²) >= 11 is 0. The third-order valence-corrected chi connectivity index (χ3v) is 5.78. The van der Waals surface area contributed by atoms with Crippen LogP contribution in [-0.2, 0) is 11.2 Å². The molecule has 1 aromatic heterocycles. The summed E-state index contributed by atoms with van der Waals surface area (Å²) in [6.45, 7) is 7.67. The lowest BCUT2D eigenvalue weighted by Crippen LogP contribution is -2.48. The van der Waals surface area contributed by atoms with Gasteiger partial charge in [-0.3, -0.25) is 4.79 Å². The number of rotatable bonds is 7. The fraction of sp³-hybridized carbons (Fsp3) is 0.286. The molecule has 176 valence electrons. The third kappa shape index (κ3) is 5.45. The Morgan fingerprint density at radius 1 is 1.06 bits per heavy atom. The van der Waals surface area contributed by atoms with Gasteiger partial charge in [0.1, 0.15) is 17.7 Å². The molecule has 0 aliphatic rings. The SMILES string of the molecule is C[C@H](NC(=O)C(C)(C)C)[C@@H](Cc1ccccc1)Oc1ccc2c(cnn2-c2ccc(F)cc2)c1. The largest absolute Gasteiger partial charge is 0.488 e. The van der Waals surface area contributed by atoms with Gasteiger partial charge in [-0.05, 0) is 55.0 Å². The van der Waals surface area contributed by atoms with Crippen LogP contribution in [0.3, 0.4) is 0 Å². The maximum absolute atomic E-state index is 13.3. The number of nitrogens with one attached hydrogen (secondary N) is 1. The van der Waals surface area contributed by atoms with Crippen molar-refractivity contribution >= 4 is 16.8 Å². The molecule has 1 heterocycles. The van der Waals surface area contributed by atoms with Gasteiger partial charge in [-0.2, -0.15) is 5.10 Å². The summed E-state index contributed by atoms with van der Waals surface area (Å²) in [5.41, 5.74) is 2.33. The van der Waals surface area contributed by atoms with E-state index < -0.39 is 5.41 Å². The molecule has 5 nitrogen and oxygen atoms in total. The van der Waals surface area contributed by atoms with Gasteiger partial charge in [-0.15, -0.1) is 0 Å². The van der Waals surface area contributed by atoms with Crippen LogP contribution in [0.1, 0.15) is 33.3 Å². The molecule has 4 rings (SSSR count). The minimum Gasteiger partial charge on any atom is -0.488 e. The average molecular weight is 460 g/mol. The van der Waals surface area contributed by atoms with Gasteiger partial charge in [0.25, 0.3) is 0 Å². The molecule has 0 unspecified atom stereocenters. The zero-order chi connectivity index (χ0) is 24.3. The molecule has 0 radical (unpaired) electrons. The second kappa shape index (κ2) is 9.67. The zero-order valence-corrected chi connectivity index (χ0v) is 20.0. The molecule has 0 saturated heterocycles. The molecule has 2 atom stereocenters. The summed E-state index contributed by atoms with van der Waals surface area (Å²) in [5.74, 6) is 0.398. The van der Waals surface area contributed by atoms with Crippen LogP contribution in [0.15, 0.2) is 79.0 Å². The Bertz CT molecular complexity index is 1260. The summed E-state index contributed by atoms with van der Waals surface area (Å²) in [6, 6.07) is 21.9. The topological polar surface area (TPSA) is 56.1 Å². The zero-order valence-electron chi connectivity index (χ0n) is 20.0. The van der Waals surface area contributed by atoms with Crippen molar-refractivity contribution in [2.24, 2.45) is 5.41 Å². The first kappa shape index (κ1) is 23.5. The monoisotopic (exact) mass is 459 g/mol. The highest BCUT2D eigenvalue weighted by Gasteiger charge is 2.27. The van der Waals surface area contributed by atoms with Crippen LogP contribution in [0.5, 0.6) is 5.75 Å². The maximum Gasteiger partial charge on any atom is 0.225 e. The predicted octanol–water partition coefficient (Wildman–Crippen LogP) is 5.71. The highest BCUT2D eigenvalue weighted by Crippen LogP contribution is 2.25. The lowest BCUT2D eigenvalue weighted by Gasteiger charge is -2.29. The van der Waals surface area contributed by atoms with Crippen LogP contribution in [0.25, 0.3) is 16.6 Å². The molecule has 0 spiro atoms. The lowest BCUT2D eigenvalue weighted by atomic mass is 9.94. The summed E-state index contributed by atoms with van der Waals surface area (Å²) in [7, 11) is 0. The van der Waals surface area contributed by atoms with Crippen LogP contribution < -0.4 is 10.1 Å². The Morgan fingerprint density at radius 3 is 2.44 bits per heavy atom. The van der Waals surface area contributed by atoms with E-state index in [-0.39, 0.29) is 23.9 Å². The van der Waals surface area contributed by atoms with Crippen molar-refractivity contribution in [1.82, 2.24) is 15.1 Å². The van der Waals surface area contributed by atoms with Crippen LogP contribution in [0, 0.1) is 11.2 Å². The molecule has 4 aromatic rings. The maximum atomic E-state index is 13.3. The molecular weight excluding hydrogens is 429 g/mol. The van der Waals surface area contributed by atoms with Gasteiger partial charge in [0.05, 0.1) is 23.4 Å². The van der Waals surface area contributed by atoms with Crippen LogP contribution >= 0.6 is 0 Å². The van der Waals surface area contributed by atoms with Gasteiger partial charge >= 0.3 is 0 Å². The highest BCUT2D eigenvalue weighted by molar-refractivity contribution is 5.82. The molecule has 1 N–H and O–H groups in total. The molecule has 6 heteroatoms.